The smallest absolute Gasteiger partial charge is 0.241 e. The van der Waals surface area contributed by atoms with E-state index in [0.29, 0.717) is 6.04 Å². The molecule has 1 aliphatic rings. The fourth-order valence-corrected chi connectivity index (χ4v) is 3.37. The van der Waals surface area contributed by atoms with Crippen LogP contribution < -0.4 is 11.1 Å². The molecule has 1 aromatic carbocycles. The van der Waals surface area contributed by atoms with E-state index in [1.165, 1.54) is 32.1 Å². The molecule has 1 aliphatic carbocycles. The largest absolute Gasteiger partial charge is 0.324 e. The van der Waals surface area contributed by atoms with E-state index in [9.17, 15) is 4.79 Å². The van der Waals surface area contributed by atoms with E-state index < -0.39 is 6.04 Å². The van der Waals surface area contributed by atoms with Gasteiger partial charge < -0.3 is 11.1 Å². The summed E-state index contributed by atoms with van der Waals surface area (Å²) in [7, 11) is 2.19. The number of carbonyl (C=O) groups excluding carboxylic acids is 1. The normalized spacial score (nSPS) is 15.8. The topological polar surface area (TPSA) is 58.4 Å². The zero-order chi connectivity index (χ0) is 16.7. The number of hydrogen-bond acceptors (Lipinski definition) is 3. The molecule has 1 unspecified atom stereocenters. The highest BCUT2D eigenvalue weighted by Gasteiger charge is 2.19. The lowest BCUT2D eigenvalue weighted by molar-refractivity contribution is -0.117. The van der Waals surface area contributed by atoms with Gasteiger partial charge in [0, 0.05) is 18.3 Å². The van der Waals surface area contributed by atoms with Crippen LogP contribution in [0.5, 0.6) is 0 Å². The van der Waals surface area contributed by atoms with Gasteiger partial charge in [-0.15, -0.1) is 24.8 Å². The summed E-state index contributed by atoms with van der Waals surface area (Å²) in [6.45, 7) is 2.91. The molecule has 0 bridgehead atoms. The Labute approximate surface area is 164 Å². The van der Waals surface area contributed by atoms with E-state index in [1.54, 1.807) is 0 Å². The molecule has 0 heterocycles. The number of nitrogens with one attached hydrogen (secondary N) is 1. The SMILES string of the molecule is CCCC(N)C(=O)Nc1ccccc1CN(C)C1CCCCC1.Cl.Cl. The summed E-state index contributed by atoms with van der Waals surface area (Å²) in [5.41, 5.74) is 7.98. The number of halogens is 2. The first-order chi connectivity index (χ1) is 11.1. The van der Waals surface area contributed by atoms with Crippen molar-refractivity contribution in [3.8, 4) is 0 Å². The number of carbonyl (C=O) groups is 1. The molecule has 6 heteroatoms. The van der Waals surface area contributed by atoms with Gasteiger partial charge in [-0.3, -0.25) is 9.69 Å². The molecule has 1 amide bonds. The second kappa shape index (κ2) is 12.5. The van der Waals surface area contributed by atoms with E-state index in [0.717, 1.165) is 30.6 Å². The minimum atomic E-state index is -0.427. The van der Waals surface area contributed by atoms with E-state index in [2.05, 4.69) is 23.3 Å². The van der Waals surface area contributed by atoms with Gasteiger partial charge >= 0.3 is 0 Å². The van der Waals surface area contributed by atoms with E-state index in [4.69, 9.17) is 5.73 Å². The summed E-state index contributed by atoms with van der Waals surface area (Å²) >= 11 is 0. The number of hydrogen-bond donors (Lipinski definition) is 2. The molecule has 0 aromatic heterocycles. The Bertz CT molecular complexity index is 507. The van der Waals surface area contributed by atoms with Crippen LogP contribution in [0.15, 0.2) is 24.3 Å². The number of anilines is 1. The summed E-state index contributed by atoms with van der Waals surface area (Å²) in [4.78, 5) is 14.6. The lowest BCUT2D eigenvalue weighted by atomic mass is 9.94. The van der Waals surface area contributed by atoms with Gasteiger partial charge in [-0.05, 0) is 37.9 Å². The minimum Gasteiger partial charge on any atom is -0.324 e. The third-order valence-corrected chi connectivity index (χ3v) is 4.83. The third kappa shape index (κ3) is 7.53. The molecular formula is C19H33Cl2N3O. The molecule has 0 aliphatic heterocycles. The van der Waals surface area contributed by atoms with Crippen molar-refractivity contribution in [1.82, 2.24) is 4.90 Å². The van der Waals surface area contributed by atoms with Crippen molar-refractivity contribution >= 4 is 36.4 Å². The van der Waals surface area contributed by atoms with E-state index in [-0.39, 0.29) is 30.7 Å². The second-order valence-electron chi connectivity index (χ2n) is 6.75. The van der Waals surface area contributed by atoms with Crippen LogP contribution in [0.2, 0.25) is 0 Å². The molecule has 25 heavy (non-hydrogen) atoms. The van der Waals surface area contributed by atoms with Crippen LogP contribution >= 0.6 is 24.8 Å². The Balaban J connectivity index is 0.00000288. The third-order valence-electron chi connectivity index (χ3n) is 4.83. The maximum absolute atomic E-state index is 12.2. The van der Waals surface area contributed by atoms with Gasteiger partial charge in [-0.2, -0.15) is 0 Å². The monoisotopic (exact) mass is 389 g/mol. The quantitative estimate of drug-likeness (QED) is 0.727. The average molecular weight is 390 g/mol. The standard InChI is InChI=1S/C19H31N3O.2ClH/c1-3-9-17(20)19(23)21-18-13-8-7-10-15(18)14-22(2)16-11-5-4-6-12-16;;/h7-8,10,13,16-17H,3-6,9,11-12,14,20H2,1-2H3,(H,21,23);2*1H. The van der Waals surface area contributed by atoms with Crippen LogP contribution in [-0.4, -0.2) is 29.9 Å². The van der Waals surface area contributed by atoms with Crippen LogP contribution in [-0.2, 0) is 11.3 Å². The van der Waals surface area contributed by atoms with Crippen molar-refractivity contribution < 1.29 is 4.79 Å². The summed E-state index contributed by atoms with van der Waals surface area (Å²) in [6, 6.07) is 8.30. The first kappa shape index (κ1) is 24.2. The van der Waals surface area contributed by atoms with Crippen LogP contribution in [0.4, 0.5) is 5.69 Å². The fourth-order valence-electron chi connectivity index (χ4n) is 3.37. The van der Waals surface area contributed by atoms with E-state index >= 15 is 0 Å². The van der Waals surface area contributed by atoms with Gasteiger partial charge in [-0.1, -0.05) is 50.8 Å². The molecule has 1 atom stereocenters. The lowest BCUT2D eigenvalue weighted by Crippen LogP contribution is -2.36. The number of amides is 1. The average Bonchev–Trinajstić information content (AvgIpc) is 2.57. The van der Waals surface area contributed by atoms with Crippen LogP contribution in [0.25, 0.3) is 0 Å². The van der Waals surface area contributed by atoms with Gasteiger partial charge in [0.25, 0.3) is 0 Å². The zero-order valence-electron chi connectivity index (χ0n) is 15.4. The lowest BCUT2D eigenvalue weighted by Gasteiger charge is -2.31. The number of rotatable bonds is 7. The first-order valence-corrected chi connectivity index (χ1v) is 8.96. The van der Waals surface area contributed by atoms with Crippen LogP contribution in [0, 0.1) is 0 Å². The van der Waals surface area contributed by atoms with E-state index in [1.807, 2.05) is 25.1 Å². The number of nitrogens with two attached hydrogens (primary N) is 1. The molecule has 2 rings (SSSR count). The van der Waals surface area contributed by atoms with Crippen molar-refractivity contribution in [2.45, 2.75) is 70.5 Å². The maximum Gasteiger partial charge on any atom is 0.241 e. The maximum atomic E-state index is 12.2. The van der Waals surface area contributed by atoms with Crippen LogP contribution in [0.1, 0.15) is 57.4 Å². The van der Waals surface area contributed by atoms with Crippen LogP contribution in [0.3, 0.4) is 0 Å². The van der Waals surface area contributed by atoms with Gasteiger partial charge in [0.05, 0.1) is 6.04 Å². The summed E-state index contributed by atoms with van der Waals surface area (Å²) in [6.07, 6.45) is 8.24. The number of nitrogens with zero attached hydrogens (tertiary/aromatic N) is 1. The Hall–Kier alpha value is -0.810. The van der Waals surface area contributed by atoms with Gasteiger partial charge in [-0.25, -0.2) is 0 Å². The number of para-hydroxylation sites is 1. The van der Waals surface area contributed by atoms with Gasteiger partial charge in [0.15, 0.2) is 0 Å². The van der Waals surface area contributed by atoms with Crippen molar-refractivity contribution in [3.05, 3.63) is 29.8 Å². The first-order valence-electron chi connectivity index (χ1n) is 8.96. The summed E-state index contributed by atoms with van der Waals surface area (Å²) in [5, 5.41) is 3.01. The molecule has 1 saturated carbocycles. The van der Waals surface area contributed by atoms with Crippen molar-refractivity contribution in [3.63, 3.8) is 0 Å². The van der Waals surface area contributed by atoms with Crippen molar-refractivity contribution in [2.24, 2.45) is 5.73 Å². The molecule has 1 fully saturated rings. The Morgan fingerprint density at radius 3 is 2.52 bits per heavy atom. The Kier molecular flexibility index (Phi) is 12.1. The molecule has 1 aromatic rings. The predicted octanol–water partition coefficient (Wildman–Crippen LogP) is 4.36. The fraction of sp³-hybridized carbons (Fsp3) is 0.632. The molecule has 0 spiro atoms. The van der Waals surface area contributed by atoms with Gasteiger partial charge in [0.1, 0.15) is 0 Å². The molecule has 4 nitrogen and oxygen atoms in total. The molecule has 144 valence electrons. The number of benzene rings is 1. The highest BCUT2D eigenvalue weighted by molar-refractivity contribution is 5.95. The Morgan fingerprint density at radius 1 is 1.24 bits per heavy atom. The summed E-state index contributed by atoms with van der Waals surface area (Å²) in [5.74, 6) is -0.0837. The zero-order valence-corrected chi connectivity index (χ0v) is 17.0. The molecule has 3 N–H and O–H groups in total. The highest BCUT2D eigenvalue weighted by Crippen LogP contribution is 2.25. The summed E-state index contributed by atoms with van der Waals surface area (Å²) < 4.78 is 0. The minimum absolute atomic E-state index is 0. The van der Waals surface area contributed by atoms with Crippen molar-refractivity contribution in [2.75, 3.05) is 12.4 Å². The van der Waals surface area contributed by atoms with Crippen molar-refractivity contribution in [1.29, 1.82) is 0 Å². The second-order valence-corrected chi connectivity index (χ2v) is 6.75. The molecular weight excluding hydrogens is 357 g/mol. The molecule has 0 radical (unpaired) electrons. The molecule has 0 saturated heterocycles. The van der Waals surface area contributed by atoms with Gasteiger partial charge in [0.2, 0.25) is 5.91 Å². The predicted molar refractivity (Wildman–Crippen MR) is 111 cm³/mol. The Morgan fingerprint density at radius 2 is 1.88 bits per heavy atom. The highest BCUT2D eigenvalue weighted by atomic mass is 35.5.